The summed E-state index contributed by atoms with van der Waals surface area (Å²) in [5.74, 6) is -2.16. The minimum Gasteiger partial charge on any atom is -0.477 e. The van der Waals surface area contributed by atoms with Crippen LogP contribution in [0.4, 0.5) is 19.0 Å². The predicted octanol–water partition coefficient (Wildman–Crippen LogP) is 3.31. The minimum atomic E-state index is -1.10. The number of halogens is 3. The molecule has 0 amide bonds. The van der Waals surface area contributed by atoms with Crippen LogP contribution in [0.25, 0.3) is 0 Å². The highest BCUT2D eigenvalue weighted by Gasteiger charge is 2.17. The summed E-state index contributed by atoms with van der Waals surface area (Å²) >= 11 is 0. The number of hydrogen-bond acceptors (Lipinski definition) is 6. The first kappa shape index (κ1) is 20.7. The van der Waals surface area contributed by atoms with Crippen molar-refractivity contribution in [2.24, 2.45) is 0 Å². The van der Waals surface area contributed by atoms with Gasteiger partial charge in [-0.3, -0.25) is 9.55 Å². The topological polar surface area (TPSA) is 69.5 Å². The van der Waals surface area contributed by atoms with E-state index in [1.165, 1.54) is 12.1 Å². The van der Waals surface area contributed by atoms with E-state index in [1.54, 1.807) is 10.6 Å². The van der Waals surface area contributed by atoms with Gasteiger partial charge in [0.1, 0.15) is 11.6 Å². The number of hydrogen-bond donors (Lipinski definition) is 0. The highest BCUT2D eigenvalue weighted by atomic mass is 19.2. The number of aromatic nitrogens is 3. The summed E-state index contributed by atoms with van der Waals surface area (Å²) < 4.78 is 52.9. The summed E-state index contributed by atoms with van der Waals surface area (Å²) in [4.78, 5) is 22.2. The number of anilines is 1. The van der Waals surface area contributed by atoms with Gasteiger partial charge in [0.2, 0.25) is 5.88 Å². The van der Waals surface area contributed by atoms with Gasteiger partial charge in [-0.2, -0.15) is 4.98 Å². The van der Waals surface area contributed by atoms with Crippen LogP contribution in [0.15, 0.2) is 41.3 Å². The lowest BCUT2D eigenvalue weighted by atomic mass is 10.2. The SMILES string of the molecule is CN1CCCn2c1cc(OCCc1cc(F)c(Oc3ccc(F)c(F)c3)cn1)nc2=O. The lowest BCUT2D eigenvalue weighted by molar-refractivity contribution is 0.304. The van der Waals surface area contributed by atoms with Crippen molar-refractivity contribution in [2.45, 2.75) is 19.4 Å². The van der Waals surface area contributed by atoms with Crippen LogP contribution in [-0.4, -0.2) is 34.7 Å². The molecular weight excluding hydrogens is 413 g/mol. The van der Waals surface area contributed by atoms with Crippen molar-refractivity contribution in [3.8, 4) is 17.4 Å². The fraction of sp³-hybridized carbons (Fsp3) is 0.286. The second-order valence-corrected chi connectivity index (χ2v) is 7.04. The molecule has 10 heteroatoms. The normalized spacial score (nSPS) is 13.1. The third-order valence-corrected chi connectivity index (χ3v) is 4.84. The number of nitrogens with zero attached hydrogens (tertiary/aromatic N) is 4. The molecule has 0 radical (unpaired) electrons. The van der Waals surface area contributed by atoms with E-state index in [4.69, 9.17) is 9.47 Å². The molecule has 0 N–H and O–H groups in total. The molecule has 3 heterocycles. The Bertz CT molecular complexity index is 1170. The third kappa shape index (κ3) is 4.62. The van der Waals surface area contributed by atoms with Gasteiger partial charge in [-0.25, -0.2) is 18.0 Å². The molecule has 1 aliphatic heterocycles. The van der Waals surface area contributed by atoms with Crippen molar-refractivity contribution in [1.82, 2.24) is 14.5 Å². The van der Waals surface area contributed by atoms with Crippen LogP contribution in [0.1, 0.15) is 12.1 Å². The molecule has 31 heavy (non-hydrogen) atoms. The Kier molecular flexibility index (Phi) is 5.79. The van der Waals surface area contributed by atoms with Gasteiger partial charge in [0.05, 0.1) is 12.8 Å². The lowest BCUT2D eigenvalue weighted by Gasteiger charge is -2.28. The fourth-order valence-electron chi connectivity index (χ4n) is 3.25. The molecule has 3 aromatic rings. The molecule has 1 aromatic carbocycles. The number of ether oxygens (including phenoxy) is 2. The van der Waals surface area contributed by atoms with Gasteiger partial charge in [-0.1, -0.05) is 0 Å². The molecule has 2 aromatic heterocycles. The van der Waals surface area contributed by atoms with E-state index < -0.39 is 17.5 Å². The van der Waals surface area contributed by atoms with Gasteiger partial charge >= 0.3 is 5.69 Å². The molecule has 0 bridgehead atoms. The zero-order valence-corrected chi connectivity index (χ0v) is 16.6. The molecule has 7 nitrogen and oxygen atoms in total. The van der Waals surface area contributed by atoms with E-state index >= 15 is 0 Å². The van der Waals surface area contributed by atoms with E-state index in [1.807, 2.05) is 11.9 Å². The Labute approximate surface area is 175 Å². The maximum Gasteiger partial charge on any atom is 0.352 e. The van der Waals surface area contributed by atoms with Crippen molar-refractivity contribution in [3.63, 3.8) is 0 Å². The average Bonchev–Trinajstić information content (AvgIpc) is 2.73. The quantitative estimate of drug-likeness (QED) is 0.595. The first-order valence-corrected chi connectivity index (χ1v) is 9.64. The smallest absolute Gasteiger partial charge is 0.352 e. The van der Waals surface area contributed by atoms with Gasteiger partial charge in [0, 0.05) is 44.4 Å². The van der Waals surface area contributed by atoms with Gasteiger partial charge in [0.25, 0.3) is 0 Å². The molecule has 0 aliphatic carbocycles. The zero-order chi connectivity index (χ0) is 22.0. The highest BCUT2D eigenvalue weighted by molar-refractivity contribution is 5.42. The van der Waals surface area contributed by atoms with E-state index in [-0.39, 0.29) is 36.1 Å². The van der Waals surface area contributed by atoms with Gasteiger partial charge < -0.3 is 14.4 Å². The number of benzene rings is 1. The molecular formula is C21H19F3N4O3. The first-order chi connectivity index (χ1) is 14.9. The van der Waals surface area contributed by atoms with Crippen LogP contribution < -0.4 is 20.1 Å². The first-order valence-electron chi connectivity index (χ1n) is 9.64. The molecule has 0 spiro atoms. The second kappa shape index (κ2) is 8.66. The van der Waals surface area contributed by atoms with Crippen LogP contribution in [0.5, 0.6) is 17.4 Å². The van der Waals surface area contributed by atoms with Gasteiger partial charge in [0.15, 0.2) is 23.2 Å². The van der Waals surface area contributed by atoms with Gasteiger partial charge in [-0.15, -0.1) is 0 Å². The molecule has 0 saturated heterocycles. The summed E-state index contributed by atoms with van der Waals surface area (Å²) in [5, 5.41) is 0. The molecule has 162 valence electrons. The Morgan fingerprint density at radius 1 is 1.06 bits per heavy atom. The van der Waals surface area contributed by atoms with Crippen molar-refractivity contribution in [3.05, 3.63) is 70.2 Å². The Morgan fingerprint density at radius 3 is 2.68 bits per heavy atom. The summed E-state index contributed by atoms with van der Waals surface area (Å²) in [5.41, 5.74) is 0.0175. The molecule has 0 atom stereocenters. The van der Waals surface area contributed by atoms with Crippen molar-refractivity contribution in [2.75, 3.05) is 25.1 Å². The number of rotatable bonds is 6. The van der Waals surface area contributed by atoms with E-state index in [9.17, 15) is 18.0 Å². The Morgan fingerprint density at radius 2 is 1.90 bits per heavy atom. The van der Waals surface area contributed by atoms with E-state index in [2.05, 4.69) is 9.97 Å². The second-order valence-electron chi connectivity index (χ2n) is 7.04. The minimum absolute atomic E-state index is 0.0505. The maximum atomic E-state index is 14.3. The lowest BCUT2D eigenvalue weighted by Crippen LogP contribution is -2.36. The third-order valence-electron chi connectivity index (χ3n) is 4.84. The summed E-state index contributed by atoms with van der Waals surface area (Å²) in [6, 6.07) is 5.77. The monoisotopic (exact) mass is 432 g/mol. The predicted molar refractivity (Wildman–Crippen MR) is 106 cm³/mol. The van der Waals surface area contributed by atoms with Crippen LogP contribution in [0.3, 0.4) is 0 Å². The highest BCUT2D eigenvalue weighted by Crippen LogP contribution is 2.26. The standard InChI is InChI=1S/C21H19F3N4O3/c1-27-6-2-7-28-20(27)11-19(26-21(28)29)30-8-5-13-9-17(24)18(12-25-13)31-14-3-4-15(22)16(23)10-14/h3-4,9-12H,2,5-8H2,1H3. The summed E-state index contributed by atoms with van der Waals surface area (Å²) in [6.45, 7) is 1.59. The molecule has 0 fully saturated rings. The zero-order valence-electron chi connectivity index (χ0n) is 16.6. The molecule has 0 unspecified atom stereocenters. The summed E-state index contributed by atoms with van der Waals surface area (Å²) in [6.07, 6.45) is 2.29. The van der Waals surface area contributed by atoms with Crippen molar-refractivity contribution >= 4 is 5.82 Å². The number of pyridine rings is 1. The van der Waals surface area contributed by atoms with Crippen LogP contribution in [-0.2, 0) is 13.0 Å². The Hall–Kier alpha value is -3.56. The summed E-state index contributed by atoms with van der Waals surface area (Å²) in [7, 11) is 1.89. The molecule has 1 aliphatic rings. The van der Waals surface area contributed by atoms with E-state index in [0.717, 1.165) is 37.1 Å². The van der Waals surface area contributed by atoms with Gasteiger partial charge in [-0.05, 0) is 24.6 Å². The van der Waals surface area contributed by atoms with Crippen molar-refractivity contribution in [1.29, 1.82) is 0 Å². The van der Waals surface area contributed by atoms with Crippen LogP contribution in [0, 0.1) is 17.5 Å². The largest absolute Gasteiger partial charge is 0.477 e. The average molecular weight is 432 g/mol. The molecule has 0 saturated carbocycles. The molecule has 4 rings (SSSR count). The van der Waals surface area contributed by atoms with Crippen LogP contribution >= 0.6 is 0 Å². The Balaban J connectivity index is 1.39. The maximum absolute atomic E-state index is 14.3. The van der Waals surface area contributed by atoms with Crippen molar-refractivity contribution < 1.29 is 22.6 Å². The van der Waals surface area contributed by atoms with Crippen LogP contribution in [0.2, 0.25) is 0 Å². The number of fused-ring (bicyclic) bond motifs is 1. The van der Waals surface area contributed by atoms with E-state index in [0.29, 0.717) is 12.2 Å². The fourth-order valence-corrected chi connectivity index (χ4v) is 3.25.